The summed E-state index contributed by atoms with van der Waals surface area (Å²) < 4.78 is 37.5. The average molecular weight is 257 g/mol. The summed E-state index contributed by atoms with van der Waals surface area (Å²) in [6.07, 6.45) is -3.70. The zero-order valence-corrected chi connectivity index (χ0v) is 10.3. The molecule has 1 heterocycles. The number of amides is 1. The van der Waals surface area contributed by atoms with Gasteiger partial charge in [0.25, 0.3) is 0 Å². The minimum absolute atomic E-state index is 0.146. The van der Waals surface area contributed by atoms with Crippen LogP contribution in [0.5, 0.6) is 0 Å². The van der Waals surface area contributed by atoms with E-state index in [2.05, 4.69) is 0 Å². The number of carbonyl (C=O) groups excluding carboxylic acids is 1. The highest BCUT2D eigenvalue weighted by atomic mass is 19.4. The summed E-state index contributed by atoms with van der Waals surface area (Å²) in [6, 6.07) is 3.37. The summed E-state index contributed by atoms with van der Waals surface area (Å²) in [5.41, 5.74) is 3.28. The molecular formula is C13H14F3NO. The number of anilines is 1. The summed E-state index contributed by atoms with van der Waals surface area (Å²) >= 11 is 0. The first kappa shape index (κ1) is 12.9. The molecule has 0 unspecified atom stereocenters. The fraction of sp³-hybridized carbons (Fsp3) is 0.462. The van der Waals surface area contributed by atoms with E-state index in [1.54, 1.807) is 12.1 Å². The zero-order chi connectivity index (χ0) is 13.5. The highest BCUT2D eigenvalue weighted by Crippen LogP contribution is 2.33. The van der Waals surface area contributed by atoms with Crippen LogP contribution in [0.3, 0.4) is 0 Å². The van der Waals surface area contributed by atoms with E-state index in [9.17, 15) is 18.0 Å². The molecular weight excluding hydrogens is 243 g/mol. The molecule has 0 N–H and O–H groups in total. The number of carbonyl (C=O) groups is 1. The van der Waals surface area contributed by atoms with Gasteiger partial charge < -0.3 is 4.90 Å². The first-order valence-electron chi connectivity index (χ1n) is 5.76. The third-order valence-electron chi connectivity index (χ3n) is 3.36. The Balaban J connectivity index is 2.45. The van der Waals surface area contributed by atoms with Crippen LogP contribution in [-0.2, 0) is 11.2 Å². The molecule has 0 atom stereocenters. The molecule has 0 bridgehead atoms. The van der Waals surface area contributed by atoms with Crippen LogP contribution in [0.2, 0.25) is 0 Å². The lowest BCUT2D eigenvalue weighted by molar-refractivity contribution is -0.132. The van der Waals surface area contributed by atoms with Crippen molar-refractivity contribution in [1.29, 1.82) is 0 Å². The molecule has 1 amide bonds. The zero-order valence-electron chi connectivity index (χ0n) is 10.3. The van der Waals surface area contributed by atoms with Crippen molar-refractivity contribution in [2.24, 2.45) is 0 Å². The molecule has 2 nitrogen and oxygen atoms in total. The molecule has 1 aliphatic heterocycles. The first-order valence-corrected chi connectivity index (χ1v) is 5.76. The van der Waals surface area contributed by atoms with E-state index < -0.39 is 18.6 Å². The average Bonchev–Trinajstić information content (AvgIpc) is 2.26. The second-order valence-electron chi connectivity index (χ2n) is 4.60. The van der Waals surface area contributed by atoms with Crippen molar-refractivity contribution < 1.29 is 18.0 Å². The van der Waals surface area contributed by atoms with E-state index >= 15 is 0 Å². The molecule has 0 aromatic heterocycles. The molecule has 2 rings (SSSR count). The van der Waals surface area contributed by atoms with Crippen molar-refractivity contribution in [2.75, 3.05) is 11.4 Å². The second-order valence-corrected chi connectivity index (χ2v) is 4.60. The Hall–Kier alpha value is -1.52. The molecule has 5 heteroatoms. The number of hydrogen-bond donors (Lipinski definition) is 0. The van der Waals surface area contributed by atoms with Crippen LogP contribution in [-0.4, -0.2) is 18.6 Å². The lowest BCUT2D eigenvalue weighted by Gasteiger charge is -2.31. The van der Waals surface area contributed by atoms with Crippen molar-refractivity contribution >= 4 is 11.6 Å². The minimum Gasteiger partial charge on any atom is -0.303 e. The molecule has 1 aliphatic rings. The Morgan fingerprint density at radius 1 is 1.22 bits per heavy atom. The fourth-order valence-corrected chi connectivity index (χ4v) is 2.28. The van der Waals surface area contributed by atoms with Gasteiger partial charge in [-0.15, -0.1) is 0 Å². The maximum Gasteiger partial charge on any atom is 0.406 e. The van der Waals surface area contributed by atoms with E-state index in [1.807, 2.05) is 13.8 Å². The summed E-state index contributed by atoms with van der Waals surface area (Å²) in [7, 11) is 0. The number of hydrogen-bond acceptors (Lipinski definition) is 1. The van der Waals surface area contributed by atoms with Gasteiger partial charge >= 0.3 is 6.18 Å². The maximum absolute atomic E-state index is 12.5. The third-order valence-corrected chi connectivity index (χ3v) is 3.36. The summed E-state index contributed by atoms with van der Waals surface area (Å²) in [5, 5.41) is 0. The number of fused-ring (bicyclic) bond motifs is 1. The van der Waals surface area contributed by atoms with Gasteiger partial charge in [0, 0.05) is 12.1 Å². The van der Waals surface area contributed by atoms with E-state index in [-0.39, 0.29) is 6.42 Å². The number of aryl methyl sites for hydroxylation is 1. The largest absolute Gasteiger partial charge is 0.406 e. The molecule has 0 spiro atoms. The van der Waals surface area contributed by atoms with E-state index in [4.69, 9.17) is 0 Å². The Labute approximate surface area is 103 Å². The van der Waals surface area contributed by atoms with Crippen LogP contribution >= 0.6 is 0 Å². The van der Waals surface area contributed by atoms with Gasteiger partial charge in [0.1, 0.15) is 6.54 Å². The maximum atomic E-state index is 12.5. The molecule has 0 saturated heterocycles. The molecule has 0 aliphatic carbocycles. The predicted molar refractivity (Wildman–Crippen MR) is 62.6 cm³/mol. The smallest absolute Gasteiger partial charge is 0.303 e. The van der Waals surface area contributed by atoms with Gasteiger partial charge in [-0.05, 0) is 43.0 Å². The van der Waals surface area contributed by atoms with Crippen molar-refractivity contribution in [3.05, 3.63) is 28.8 Å². The van der Waals surface area contributed by atoms with Crippen molar-refractivity contribution in [2.45, 2.75) is 32.9 Å². The van der Waals surface area contributed by atoms with Gasteiger partial charge in [-0.25, -0.2) is 0 Å². The molecule has 18 heavy (non-hydrogen) atoms. The van der Waals surface area contributed by atoms with Gasteiger partial charge in [-0.1, -0.05) is 6.07 Å². The lowest BCUT2D eigenvalue weighted by atomic mass is 9.93. The lowest BCUT2D eigenvalue weighted by Crippen LogP contribution is -2.42. The van der Waals surface area contributed by atoms with Crippen LogP contribution in [0.25, 0.3) is 0 Å². The van der Waals surface area contributed by atoms with Gasteiger partial charge in [0.15, 0.2) is 0 Å². The van der Waals surface area contributed by atoms with Crippen LogP contribution in [0.15, 0.2) is 12.1 Å². The normalized spacial score (nSPS) is 15.8. The van der Waals surface area contributed by atoms with Crippen LogP contribution in [0.1, 0.15) is 23.1 Å². The fourth-order valence-electron chi connectivity index (χ4n) is 2.28. The summed E-state index contributed by atoms with van der Waals surface area (Å²) in [5.74, 6) is -0.455. The number of benzene rings is 1. The van der Waals surface area contributed by atoms with E-state index in [1.165, 1.54) is 0 Å². The van der Waals surface area contributed by atoms with Crippen LogP contribution in [0, 0.1) is 13.8 Å². The van der Waals surface area contributed by atoms with Crippen molar-refractivity contribution in [3.63, 3.8) is 0 Å². The van der Waals surface area contributed by atoms with E-state index in [0.29, 0.717) is 12.1 Å². The van der Waals surface area contributed by atoms with Gasteiger partial charge in [-0.3, -0.25) is 4.79 Å². The highest BCUT2D eigenvalue weighted by molar-refractivity contribution is 5.96. The molecule has 1 aromatic rings. The van der Waals surface area contributed by atoms with Crippen molar-refractivity contribution in [3.8, 4) is 0 Å². The number of rotatable bonds is 1. The predicted octanol–water partition coefficient (Wildman–Crippen LogP) is 3.14. The summed E-state index contributed by atoms with van der Waals surface area (Å²) in [6.45, 7) is 2.59. The molecule has 0 fully saturated rings. The topological polar surface area (TPSA) is 20.3 Å². The van der Waals surface area contributed by atoms with E-state index in [0.717, 1.165) is 21.6 Å². The SMILES string of the molecule is Cc1ccc2c(c1C)CCC(=O)N2CC(F)(F)F. The number of halogens is 3. The third kappa shape index (κ3) is 2.35. The molecule has 98 valence electrons. The Kier molecular flexibility index (Phi) is 3.09. The molecule has 0 saturated carbocycles. The highest BCUT2D eigenvalue weighted by Gasteiger charge is 2.36. The van der Waals surface area contributed by atoms with Gasteiger partial charge in [0.2, 0.25) is 5.91 Å². The second kappa shape index (κ2) is 4.30. The van der Waals surface area contributed by atoms with Gasteiger partial charge in [-0.2, -0.15) is 13.2 Å². The Morgan fingerprint density at radius 3 is 2.50 bits per heavy atom. The summed E-state index contributed by atoms with van der Waals surface area (Å²) in [4.78, 5) is 12.5. The monoisotopic (exact) mass is 257 g/mol. The standard InChI is InChI=1S/C13H14F3NO/c1-8-3-5-11-10(9(8)2)4-6-12(18)17(11)7-13(14,15)16/h3,5H,4,6-7H2,1-2H3. The minimum atomic E-state index is -4.37. The van der Waals surface area contributed by atoms with Crippen LogP contribution in [0.4, 0.5) is 18.9 Å². The number of alkyl halides is 3. The molecule has 1 aromatic carbocycles. The Bertz CT molecular complexity index is 494. The number of nitrogens with zero attached hydrogens (tertiary/aromatic N) is 1. The first-order chi connectivity index (χ1) is 8.29. The quantitative estimate of drug-likeness (QED) is 0.756. The van der Waals surface area contributed by atoms with Crippen LogP contribution < -0.4 is 4.90 Å². The van der Waals surface area contributed by atoms with Gasteiger partial charge in [0.05, 0.1) is 0 Å². The van der Waals surface area contributed by atoms with Crippen molar-refractivity contribution in [1.82, 2.24) is 0 Å². The Morgan fingerprint density at radius 2 is 1.89 bits per heavy atom. The molecule has 0 radical (unpaired) electrons.